The van der Waals surface area contributed by atoms with Gasteiger partial charge in [-0.05, 0) is 38.3 Å². The molecule has 1 aliphatic rings. The van der Waals surface area contributed by atoms with Crippen LogP contribution in [0.2, 0.25) is 5.02 Å². The lowest BCUT2D eigenvalue weighted by atomic mass is 9.79. The molecule has 5 nitrogen and oxygen atoms in total. The zero-order valence-corrected chi connectivity index (χ0v) is 11.3. The number of urea groups is 1. The Bertz CT molecular complexity index is 527. The zero-order valence-electron chi connectivity index (χ0n) is 10.5. The summed E-state index contributed by atoms with van der Waals surface area (Å²) in [5, 5.41) is 14.6. The minimum atomic E-state index is -1.17. The Labute approximate surface area is 116 Å². The van der Waals surface area contributed by atoms with Gasteiger partial charge in [0.25, 0.3) is 0 Å². The molecule has 0 bridgehead atoms. The molecule has 1 aliphatic carbocycles. The highest BCUT2D eigenvalue weighted by Gasteiger charge is 2.33. The van der Waals surface area contributed by atoms with Crippen LogP contribution in [0.15, 0.2) is 18.2 Å². The number of carbonyl (C=O) groups excluding carboxylic acids is 1. The van der Waals surface area contributed by atoms with Crippen molar-refractivity contribution in [2.75, 3.05) is 5.32 Å². The Morgan fingerprint density at radius 3 is 2.58 bits per heavy atom. The van der Waals surface area contributed by atoms with E-state index in [0.29, 0.717) is 0 Å². The number of nitrogens with one attached hydrogen (secondary N) is 2. The quantitative estimate of drug-likeness (QED) is 0.797. The SMILES string of the molecule is CC1(NC(=O)Nc2cccc(Cl)c2C(=O)O)CCC1. The minimum Gasteiger partial charge on any atom is -0.478 e. The average molecular weight is 283 g/mol. The molecule has 1 fully saturated rings. The molecule has 0 heterocycles. The van der Waals surface area contributed by atoms with Crippen molar-refractivity contribution >= 4 is 29.3 Å². The van der Waals surface area contributed by atoms with Crippen molar-refractivity contribution in [2.24, 2.45) is 0 Å². The van der Waals surface area contributed by atoms with Crippen molar-refractivity contribution in [3.8, 4) is 0 Å². The van der Waals surface area contributed by atoms with E-state index in [4.69, 9.17) is 16.7 Å². The molecule has 1 saturated carbocycles. The summed E-state index contributed by atoms with van der Waals surface area (Å²) in [7, 11) is 0. The maximum atomic E-state index is 11.8. The van der Waals surface area contributed by atoms with Crippen LogP contribution in [0.1, 0.15) is 36.5 Å². The highest BCUT2D eigenvalue weighted by Crippen LogP contribution is 2.31. The van der Waals surface area contributed by atoms with Crippen molar-refractivity contribution in [1.82, 2.24) is 5.32 Å². The van der Waals surface area contributed by atoms with Crippen molar-refractivity contribution < 1.29 is 14.7 Å². The molecular formula is C13H15ClN2O3. The van der Waals surface area contributed by atoms with Crippen LogP contribution in [0.3, 0.4) is 0 Å². The molecule has 0 saturated heterocycles. The summed E-state index contributed by atoms with van der Waals surface area (Å²) >= 11 is 5.83. The second kappa shape index (κ2) is 5.09. The normalized spacial score (nSPS) is 16.3. The van der Waals surface area contributed by atoms with Gasteiger partial charge in [0.1, 0.15) is 5.56 Å². The van der Waals surface area contributed by atoms with Gasteiger partial charge in [-0.3, -0.25) is 0 Å². The van der Waals surface area contributed by atoms with Gasteiger partial charge in [-0.2, -0.15) is 0 Å². The number of aromatic carboxylic acids is 1. The van der Waals surface area contributed by atoms with E-state index in [9.17, 15) is 9.59 Å². The Hall–Kier alpha value is -1.75. The first kappa shape index (κ1) is 13.7. The number of anilines is 1. The van der Waals surface area contributed by atoms with Crippen LogP contribution in [-0.4, -0.2) is 22.6 Å². The molecule has 2 amide bonds. The van der Waals surface area contributed by atoms with Crippen LogP contribution >= 0.6 is 11.6 Å². The highest BCUT2D eigenvalue weighted by molar-refractivity contribution is 6.34. The van der Waals surface area contributed by atoms with E-state index in [1.165, 1.54) is 12.1 Å². The van der Waals surface area contributed by atoms with Gasteiger partial charge < -0.3 is 15.7 Å². The fourth-order valence-corrected chi connectivity index (χ4v) is 2.36. The fourth-order valence-electron chi connectivity index (χ4n) is 2.11. The van der Waals surface area contributed by atoms with Gasteiger partial charge in [-0.15, -0.1) is 0 Å². The number of hydrogen-bond donors (Lipinski definition) is 3. The predicted molar refractivity (Wildman–Crippen MR) is 72.8 cm³/mol. The molecule has 0 aliphatic heterocycles. The Balaban J connectivity index is 2.12. The number of benzene rings is 1. The first-order valence-electron chi connectivity index (χ1n) is 6.02. The smallest absolute Gasteiger partial charge is 0.339 e. The van der Waals surface area contributed by atoms with Crippen molar-refractivity contribution in [1.29, 1.82) is 0 Å². The van der Waals surface area contributed by atoms with Gasteiger partial charge in [0.2, 0.25) is 0 Å². The Kier molecular flexibility index (Phi) is 3.66. The molecule has 0 unspecified atom stereocenters. The van der Waals surface area contributed by atoms with Gasteiger partial charge >= 0.3 is 12.0 Å². The lowest BCUT2D eigenvalue weighted by molar-refractivity contribution is 0.0698. The fraction of sp³-hybridized carbons (Fsp3) is 0.385. The van der Waals surface area contributed by atoms with Crippen LogP contribution in [0, 0.1) is 0 Å². The summed E-state index contributed by atoms with van der Waals surface area (Å²) in [5.74, 6) is -1.17. The summed E-state index contributed by atoms with van der Waals surface area (Å²) in [6, 6.07) is 4.17. The van der Waals surface area contributed by atoms with Crippen LogP contribution in [-0.2, 0) is 0 Å². The van der Waals surface area contributed by atoms with E-state index < -0.39 is 12.0 Å². The maximum Gasteiger partial charge on any atom is 0.339 e. The Morgan fingerprint density at radius 1 is 1.37 bits per heavy atom. The summed E-state index contributed by atoms with van der Waals surface area (Å²) < 4.78 is 0. The van der Waals surface area contributed by atoms with Crippen LogP contribution in [0.5, 0.6) is 0 Å². The second-order valence-corrected chi connectivity index (χ2v) is 5.37. The van der Waals surface area contributed by atoms with Crippen molar-refractivity contribution in [3.05, 3.63) is 28.8 Å². The number of carboxylic acids is 1. The number of hydrogen-bond acceptors (Lipinski definition) is 2. The molecular weight excluding hydrogens is 268 g/mol. The third-order valence-electron chi connectivity index (χ3n) is 3.35. The molecule has 1 aromatic rings. The third-order valence-corrected chi connectivity index (χ3v) is 3.66. The number of halogens is 1. The van der Waals surface area contributed by atoms with Gasteiger partial charge in [0.15, 0.2) is 0 Å². The maximum absolute atomic E-state index is 11.8. The molecule has 0 radical (unpaired) electrons. The molecule has 19 heavy (non-hydrogen) atoms. The van der Waals surface area contributed by atoms with E-state index in [1.807, 2.05) is 6.92 Å². The minimum absolute atomic E-state index is 0.0974. The molecule has 1 aromatic carbocycles. The standard InChI is InChI=1S/C13H15ClN2O3/c1-13(6-3-7-13)16-12(19)15-9-5-2-4-8(14)10(9)11(17)18/h2,4-5H,3,6-7H2,1H3,(H,17,18)(H2,15,16,19). The van der Waals surface area contributed by atoms with E-state index >= 15 is 0 Å². The zero-order chi connectivity index (χ0) is 14.0. The number of rotatable bonds is 3. The predicted octanol–water partition coefficient (Wildman–Crippen LogP) is 3.10. The lowest BCUT2D eigenvalue weighted by Gasteiger charge is -2.39. The lowest BCUT2D eigenvalue weighted by Crippen LogP contribution is -2.52. The molecule has 0 aromatic heterocycles. The van der Waals surface area contributed by atoms with E-state index in [-0.39, 0.29) is 21.8 Å². The van der Waals surface area contributed by atoms with Crippen LogP contribution < -0.4 is 10.6 Å². The van der Waals surface area contributed by atoms with E-state index in [1.54, 1.807) is 6.07 Å². The van der Waals surface area contributed by atoms with Gasteiger partial charge in [0, 0.05) is 5.54 Å². The molecule has 6 heteroatoms. The molecule has 3 N–H and O–H groups in total. The molecule has 0 atom stereocenters. The summed E-state index contributed by atoms with van der Waals surface area (Å²) in [6.07, 6.45) is 2.96. The van der Waals surface area contributed by atoms with Crippen molar-refractivity contribution in [2.45, 2.75) is 31.7 Å². The van der Waals surface area contributed by atoms with Gasteiger partial charge in [-0.25, -0.2) is 9.59 Å². The van der Waals surface area contributed by atoms with Crippen LogP contribution in [0.4, 0.5) is 10.5 Å². The van der Waals surface area contributed by atoms with Crippen molar-refractivity contribution in [3.63, 3.8) is 0 Å². The monoisotopic (exact) mass is 282 g/mol. The number of carbonyl (C=O) groups is 2. The van der Waals surface area contributed by atoms with E-state index in [0.717, 1.165) is 19.3 Å². The third kappa shape index (κ3) is 2.98. The van der Waals surface area contributed by atoms with E-state index in [2.05, 4.69) is 10.6 Å². The molecule has 2 rings (SSSR count). The first-order valence-corrected chi connectivity index (χ1v) is 6.40. The van der Waals surface area contributed by atoms with Crippen LogP contribution in [0.25, 0.3) is 0 Å². The topological polar surface area (TPSA) is 78.4 Å². The summed E-state index contributed by atoms with van der Waals surface area (Å²) in [6.45, 7) is 1.96. The molecule has 102 valence electrons. The summed E-state index contributed by atoms with van der Waals surface area (Å²) in [4.78, 5) is 23.0. The van der Waals surface area contributed by atoms with Gasteiger partial charge in [0.05, 0.1) is 10.7 Å². The number of amides is 2. The Morgan fingerprint density at radius 2 is 2.05 bits per heavy atom. The average Bonchev–Trinajstić information content (AvgIpc) is 2.26. The summed E-state index contributed by atoms with van der Waals surface area (Å²) in [5.41, 5.74) is -0.0926. The number of carboxylic acid groups (broad SMARTS) is 1. The van der Waals surface area contributed by atoms with Gasteiger partial charge in [-0.1, -0.05) is 17.7 Å². The first-order chi connectivity index (χ1) is 8.91. The second-order valence-electron chi connectivity index (χ2n) is 4.96. The largest absolute Gasteiger partial charge is 0.478 e. The molecule has 0 spiro atoms. The highest BCUT2D eigenvalue weighted by atomic mass is 35.5.